The van der Waals surface area contributed by atoms with Crippen molar-refractivity contribution in [2.45, 2.75) is 180 Å². The van der Waals surface area contributed by atoms with Gasteiger partial charge in [-0.3, -0.25) is 19.2 Å². The molecule has 0 fully saturated rings. The Morgan fingerprint density at radius 1 is 0.458 bits per heavy atom. The number of amides is 4. The molecule has 0 aliphatic carbocycles. The smallest absolute Gasteiger partial charge is 0.548 e. The maximum Gasteiger partial charge on any atom is 1.00 e. The first-order valence-electron chi connectivity index (χ1n) is 17.5. The number of carbonyl (C=O) groups excluding carboxylic acids is 6. The molecule has 14 heteroatoms. The average Bonchev–Trinajstić information content (AvgIpc) is 2.98. The molecule has 0 spiro atoms. The second kappa shape index (κ2) is 38.6. The molecule has 0 bridgehead atoms. The van der Waals surface area contributed by atoms with Gasteiger partial charge in [0.2, 0.25) is 23.6 Å². The Morgan fingerprint density at radius 2 is 0.688 bits per heavy atom. The molecule has 0 unspecified atom stereocenters. The Labute approximate surface area is 333 Å². The van der Waals surface area contributed by atoms with Gasteiger partial charge in [0, 0.05) is 12.8 Å². The van der Waals surface area contributed by atoms with Crippen molar-refractivity contribution in [1.29, 1.82) is 0 Å². The van der Waals surface area contributed by atoms with Crippen LogP contribution in [0.3, 0.4) is 0 Å². The quantitative estimate of drug-likeness (QED) is 0.0441. The number of hydrogen-bond acceptors (Lipinski definition) is 8. The molecule has 0 saturated carbocycles. The molecule has 0 aromatic heterocycles. The maximum absolute atomic E-state index is 11.6. The SMILES string of the molecule is CCCCCCCCCCCCC(=O)N[C@@H](CC(N)=O)C(=O)[O-].CCCCCCCCCCCCC(=O)N[C@@H](CC(N)=O)C(=O)[O-].[Na+].[Na+]. The summed E-state index contributed by atoms with van der Waals surface area (Å²) in [6.07, 6.45) is 23.0. The van der Waals surface area contributed by atoms with E-state index in [-0.39, 0.29) is 83.8 Å². The average molecular weight is 701 g/mol. The third kappa shape index (κ3) is 39.3. The van der Waals surface area contributed by atoms with Gasteiger partial charge in [-0.2, -0.15) is 0 Å². The minimum atomic E-state index is -1.49. The van der Waals surface area contributed by atoms with Crippen LogP contribution in [-0.2, 0) is 28.8 Å². The van der Waals surface area contributed by atoms with Gasteiger partial charge in [-0.1, -0.05) is 129 Å². The molecular weight excluding hydrogens is 638 g/mol. The van der Waals surface area contributed by atoms with Crippen LogP contribution < -0.4 is 91.4 Å². The number of primary amides is 2. The van der Waals surface area contributed by atoms with E-state index in [0.29, 0.717) is 0 Å². The predicted molar refractivity (Wildman–Crippen MR) is 174 cm³/mol. The third-order valence-corrected chi connectivity index (χ3v) is 7.56. The van der Waals surface area contributed by atoms with Crippen LogP contribution in [0.25, 0.3) is 0 Å². The molecule has 0 aliphatic heterocycles. The van der Waals surface area contributed by atoms with Crippen LogP contribution in [0.15, 0.2) is 0 Å². The van der Waals surface area contributed by atoms with Crippen molar-refractivity contribution in [3.63, 3.8) is 0 Å². The number of unbranched alkanes of at least 4 members (excludes halogenated alkanes) is 18. The fourth-order valence-corrected chi connectivity index (χ4v) is 4.87. The summed E-state index contributed by atoms with van der Waals surface area (Å²) in [7, 11) is 0. The second-order valence-electron chi connectivity index (χ2n) is 12.1. The number of rotatable bonds is 30. The zero-order valence-electron chi connectivity index (χ0n) is 30.5. The van der Waals surface area contributed by atoms with E-state index in [1.807, 2.05) is 0 Å². The molecule has 0 saturated heterocycles. The topological polar surface area (TPSA) is 225 Å². The van der Waals surface area contributed by atoms with Gasteiger partial charge in [-0.25, -0.2) is 0 Å². The molecule has 0 heterocycles. The van der Waals surface area contributed by atoms with Crippen molar-refractivity contribution >= 4 is 35.6 Å². The molecule has 0 aliphatic rings. The number of carboxylic acid groups (broad SMARTS) is 2. The van der Waals surface area contributed by atoms with Gasteiger partial charge in [0.1, 0.15) is 0 Å². The molecule has 4 amide bonds. The first-order chi connectivity index (χ1) is 21.9. The van der Waals surface area contributed by atoms with Gasteiger partial charge in [0.25, 0.3) is 0 Å². The first kappa shape index (κ1) is 53.6. The second-order valence-corrected chi connectivity index (χ2v) is 12.1. The van der Waals surface area contributed by atoms with E-state index in [1.54, 1.807) is 0 Å². The minimum absolute atomic E-state index is 0. The molecule has 2 atom stereocenters. The fourth-order valence-electron chi connectivity index (χ4n) is 4.87. The fraction of sp³-hybridized carbons (Fsp3) is 0.824. The molecule has 0 aromatic rings. The summed E-state index contributed by atoms with van der Waals surface area (Å²) in [5.74, 6) is -5.28. The Hall–Kier alpha value is -1.18. The zero-order valence-corrected chi connectivity index (χ0v) is 34.5. The molecule has 12 nitrogen and oxygen atoms in total. The van der Waals surface area contributed by atoms with Gasteiger partial charge in [-0.05, 0) is 12.8 Å². The van der Waals surface area contributed by atoms with Crippen molar-refractivity contribution in [2.75, 3.05) is 0 Å². The normalized spacial score (nSPS) is 11.4. The van der Waals surface area contributed by atoms with E-state index in [9.17, 15) is 39.0 Å². The largest absolute Gasteiger partial charge is 1.00 e. The van der Waals surface area contributed by atoms with Crippen molar-refractivity contribution in [3.8, 4) is 0 Å². The van der Waals surface area contributed by atoms with Gasteiger partial charge in [-0.15, -0.1) is 0 Å². The van der Waals surface area contributed by atoms with E-state index in [0.717, 1.165) is 38.5 Å². The molecule has 0 radical (unpaired) electrons. The van der Waals surface area contributed by atoms with Crippen molar-refractivity contribution < 1.29 is 98.1 Å². The summed E-state index contributed by atoms with van der Waals surface area (Å²) >= 11 is 0. The van der Waals surface area contributed by atoms with Crippen molar-refractivity contribution in [1.82, 2.24) is 10.6 Å². The summed E-state index contributed by atoms with van der Waals surface area (Å²) in [5.41, 5.74) is 9.86. The summed E-state index contributed by atoms with van der Waals surface area (Å²) in [5, 5.41) is 26.1. The van der Waals surface area contributed by atoms with Crippen molar-refractivity contribution in [3.05, 3.63) is 0 Å². The summed E-state index contributed by atoms with van der Waals surface area (Å²) in [6.45, 7) is 4.42. The monoisotopic (exact) mass is 700 g/mol. The number of nitrogens with one attached hydrogen (secondary N) is 2. The van der Waals surface area contributed by atoms with Crippen LogP contribution in [0.5, 0.6) is 0 Å². The molecular formula is C34H62N4Na2O8. The van der Waals surface area contributed by atoms with Crippen molar-refractivity contribution in [2.24, 2.45) is 11.5 Å². The minimum Gasteiger partial charge on any atom is -0.548 e. The van der Waals surface area contributed by atoms with Gasteiger partial charge >= 0.3 is 59.1 Å². The predicted octanol–water partition coefficient (Wildman–Crippen LogP) is -3.18. The maximum atomic E-state index is 11.6. The Kier molecular flexibility index (Phi) is 43.1. The Balaban J connectivity index is -0.000000387. The van der Waals surface area contributed by atoms with Gasteiger partial charge in [0.15, 0.2) is 0 Å². The van der Waals surface area contributed by atoms with Crippen LogP contribution in [0.2, 0.25) is 0 Å². The van der Waals surface area contributed by atoms with E-state index in [2.05, 4.69) is 24.5 Å². The Bertz CT molecular complexity index is 797. The standard InChI is InChI=1S/2C17H32N2O4.2Na/c2*1-2-3-4-5-6-7-8-9-10-11-12-16(21)19-14(17(22)23)13-15(18)20;;/h2*14H,2-13H2,1H3,(H2,18,20)(H,19,21)(H,22,23);;/q;;2*+1/p-2/t2*14-;;/m00../s1. The number of hydrogen-bond donors (Lipinski definition) is 4. The van der Waals surface area contributed by atoms with Crippen LogP contribution in [-0.4, -0.2) is 47.7 Å². The van der Waals surface area contributed by atoms with Crippen LogP contribution in [0.1, 0.15) is 168 Å². The molecule has 0 rings (SSSR count). The number of nitrogens with two attached hydrogens (primary N) is 2. The van der Waals surface area contributed by atoms with E-state index in [1.165, 1.54) is 89.9 Å². The molecule has 0 aromatic carbocycles. The van der Waals surface area contributed by atoms with E-state index >= 15 is 0 Å². The van der Waals surface area contributed by atoms with Crippen LogP contribution in [0.4, 0.5) is 0 Å². The summed E-state index contributed by atoms with van der Waals surface area (Å²) < 4.78 is 0. The van der Waals surface area contributed by atoms with Crippen LogP contribution >= 0.6 is 0 Å². The first-order valence-corrected chi connectivity index (χ1v) is 17.5. The van der Waals surface area contributed by atoms with Crippen LogP contribution in [0, 0.1) is 0 Å². The van der Waals surface area contributed by atoms with Gasteiger partial charge in [0.05, 0.1) is 36.9 Å². The summed E-state index contributed by atoms with van der Waals surface area (Å²) in [6, 6.07) is -2.66. The third-order valence-electron chi connectivity index (χ3n) is 7.56. The molecule has 268 valence electrons. The molecule has 48 heavy (non-hydrogen) atoms. The van der Waals surface area contributed by atoms with Gasteiger partial charge < -0.3 is 41.9 Å². The molecule has 6 N–H and O–H groups in total. The number of carbonyl (C=O) groups is 6. The van der Waals surface area contributed by atoms with E-state index in [4.69, 9.17) is 11.5 Å². The Morgan fingerprint density at radius 3 is 0.896 bits per heavy atom. The zero-order chi connectivity index (χ0) is 35.0. The number of carboxylic acids is 2. The number of aliphatic carboxylic acids is 2. The summed E-state index contributed by atoms with van der Waals surface area (Å²) in [4.78, 5) is 66.2. The van der Waals surface area contributed by atoms with E-state index < -0.39 is 48.7 Å².